The first-order chi connectivity index (χ1) is 17.0. The fourth-order valence-electron chi connectivity index (χ4n) is 3.89. The minimum atomic E-state index is -5.10. The van der Waals surface area contributed by atoms with Gasteiger partial charge in [-0.1, -0.05) is 12.8 Å². The number of carbonyl (C=O) groups is 1. The molecule has 1 fully saturated rings. The summed E-state index contributed by atoms with van der Waals surface area (Å²) in [5.74, 6) is -1.11. The summed E-state index contributed by atoms with van der Waals surface area (Å²) in [5, 5.41) is 8.13. The van der Waals surface area contributed by atoms with Crippen LogP contribution in [-0.2, 0) is 18.5 Å². The molecule has 1 saturated carbocycles. The van der Waals surface area contributed by atoms with Gasteiger partial charge in [-0.2, -0.15) is 39.5 Å². The lowest BCUT2D eigenvalue weighted by molar-refractivity contribution is -0.143. The number of alkyl halides is 9. The standard InChI is InChI=1S/C23H20F9N3OS/c24-21(25,26)13-5-7-16(8-6-13)33-20(37)35-18-4-2-1-3-17(18)34-19(36)12-9-14(22(27,28)29)11-15(10-12)23(30,31)32/h5-11,17-18H,1-4H2,(H,34,36)(H2,33,35,37)/t17-,18-/m1/s1. The van der Waals surface area contributed by atoms with Crippen LogP contribution < -0.4 is 16.0 Å². The summed E-state index contributed by atoms with van der Waals surface area (Å²) in [6.45, 7) is 0. The average molecular weight is 557 g/mol. The van der Waals surface area contributed by atoms with E-state index in [1.807, 2.05) is 0 Å². The highest BCUT2D eigenvalue weighted by Gasteiger charge is 2.38. The zero-order valence-corrected chi connectivity index (χ0v) is 19.6. The number of carbonyl (C=O) groups excluding carboxylic acids is 1. The molecule has 202 valence electrons. The Morgan fingerprint density at radius 1 is 0.703 bits per heavy atom. The fourth-order valence-corrected chi connectivity index (χ4v) is 4.16. The lowest BCUT2D eigenvalue weighted by Gasteiger charge is -2.33. The number of benzene rings is 2. The van der Waals surface area contributed by atoms with E-state index in [9.17, 15) is 44.3 Å². The van der Waals surface area contributed by atoms with Crippen molar-refractivity contribution in [3.8, 4) is 0 Å². The van der Waals surface area contributed by atoms with Crippen LogP contribution in [0.25, 0.3) is 0 Å². The van der Waals surface area contributed by atoms with Crippen LogP contribution in [-0.4, -0.2) is 23.1 Å². The largest absolute Gasteiger partial charge is 0.416 e. The maximum atomic E-state index is 13.1. The summed E-state index contributed by atoms with van der Waals surface area (Å²) < 4.78 is 117. The van der Waals surface area contributed by atoms with Gasteiger partial charge in [0.2, 0.25) is 0 Å². The van der Waals surface area contributed by atoms with E-state index in [0.29, 0.717) is 37.8 Å². The second-order valence-corrected chi connectivity index (χ2v) is 8.85. The molecule has 1 aliphatic rings. The maximum absolute atomic E-state index is 13.1. The zero-order valence-electron chi connectivity index (χ0n) is 18.7. The highest BCUT2D eigenvalue weighted by molar-refractivity contribution is 7.80. The van der Waals surface area contributed by atoms with Crippen LogP contribution in [0, 0.1) is 0 Å². The molecule has 4 nitrogen and oxygen atoms in total. The molecule has 0 aromatic heterocycles. The lowest BCUT2D eigenvalue weighted by Crippen LogP contribution is -2.54. The van der Waals surface area contributed by atoms with Crippen LogP contribution in [0.4, 0.5) is 45.2 Å². The third-order valence-electron chi connectivity index (χ3n) is 5.72. The Morgan fingerprint density at radius 2 is 1.16 bits per heavy atom. The third kappa shape index (κ3) is 7.73. The van der Waals surface area contributed by atoms with Crippen LogP contribution in [0.5, 0.6) is 0 Å². The molecule has 0 spiro atoms. The highest BCUT2D eigenvalue weighted by atomic mass is 32.1. The monoisotopic (exact) mass is 557 g/mol. The molecule has 0 radical (unpaired) electrons. The Kier molecular flexibility index (Phi) is 8.30. The lowest BCUT2D eigenvalue weighted by atomic mass is 9.90. The van der Waals surface area contributed by atoms with E-state index in [4.69, 9.17) is 12.2 Å². The number of thiocarbonyl (C=S) groups is 1. The van der Waals surface area contributed by atoms with Gasteiger partial charge in [-0.15, -0.1) is 0 Å². The predicted octanol–water partition coefficient (Wildman–Crippen LogP) is 6.77. The van der Waals surface area contributed by atoms with Gasteiger partial charge in [0.1, 0.15) is 0 Å². The van der Waals surface area contributed by atoms with E-state index >= 15 is 0 Å². The van der Waals surface area contributed by atoms with E-state index in [0.717, 1.165) is 12.1 Å². The second kappa shape index (κ2) is 10.8. The Balaban J connectivity index is 1.71. The van der Waals surface area contributed by atoms with Crippen molar-refractivity contribution in [3.05, 3.63) is 64.7 Å². The number of anilines is 1. The highest BCUT2D eigenvalue weighted by Crippen LogP contribution is 2.36. The smallest absolute Gasteiger partial charge is 0.358 e. The maximum Gasteiger partial charge on any atom is 0.416 e. The number of hydrogen-bond acceptors (Lipinski definition) is 2. The minimum Gasteiger partial charge on any atom is -0.358 e. The first kappa shape index (κ1) is 28.5. The van der Waals surface area contributed by atoms with E-state index in [1.165, 1.54) is 12.1 Å². The summed E-state index contributed by atoms with van der Waals surface area (Å²) in [5.41, 5.74) is -4.60. The van der Waals surface area contributed by atoms with E-state index in [-0.39, 0.29) is 16.9 Å². The summed E-state index contributed by atoms with van der Waals surface area (Å²) in [6, 6.07) is 3.49. The molecule has 0 aliphatic heterocycles. The van der Waals surface area contributed by atoms with Gasteiger partial charge >= 0.3 is 18.5 Å². The SMILES string of the molecule is O=C(N[C@@H]1CCCC[C@H]1NC(=S)Nc1ccc(C(F)(F)F)cc1)c1cc(C(F)(F)F)cc(C(F)(F)F)c1. The number of nitrogens with one attached hydrogen (secondary N) is 3. The van der Waals surface area contributed by atoms with Crippen LogP contribution in [0.15, 0.2) is 42.5 Å². The topological polar surface area (TPSA) is 53.2 Å². The van der Waals surface area contributed by atoms with Gasteiger partial charge in [-0.25, -0.2) is 0 Å². The van der Waals surface area contributed by atoms with Gasteiger partial charge in [-0.3, -0.25) is 4.79 Å². The van der Waals surface area contributed by atoms with Crippen molar-refractivity contribution in [3.63, 3.8) is 0 Å². The van der Waals surface area contributed by atoms with Gasteiger partial charge in [0, 0.05) is 23.3 Å². The number of rotatable bonds is 4. The Morgan fingerprint density at radius 3 is 1.62 bits per heavy atom. The quantitative estimate of drug-likeness (QED) is 0.287. The molecule has 14 heteroatoms. The zero-order chi connectivity index (χ0) is 27.6. The van der Waals surface area contributed by atoms with Crippen LogP contribution >= 0.6 is 12.2 Å². The average Bonchev–Trinajstić information content (AvgIpc) is 2.78. The van der Waals surface area contributed by atoms with Gasteiger partial charge in [0.25, 0.3) is 5.91 Å². The Bertz CT molecular complexity index is 1100. The van der Waals surface area contributed by atoms with Crippen molar-refractivity contribution in [1.29, 1.82) is 0 Å². The normalized spacial score (nSPS) is 18.7. The van der Waals surface area contributed by atoms with Crippen molar-refractivity contribution in [1.82, 2.24) is 10.6 Å². The van der Waals surface area contributed by atoms with Crippen LogP contribution in [0.2, 0.25) is 0 Å². The number of hydrogen-bond donors (Lipinski definition) is 3. The molecular weight excluding hydrogens is 537 g/mol. The molecule has 0 saturated heterocycles. The van der Waals surface area contributed by atoms with E-state index < -0.39 is 58.8 Å². The van der Waals surface area contributed by atoms with Crippen molar-refractivity contribution >= 4 is 28.9 Å². The third-order valence-corrected chi connectivity index (χ3v) is 5.94. The molecule has 2 aromatic carbocycles. The van der Waals surface area contributed by atoms with Gasteiger partial charge in [0.05, 0.1) is 16.7 Å². The van der Waals surface area contributed by atoms with Gasteiger partial charge < -0.3 is 16.0 Å². The Hall–Kier alpha value is -3.03. The first-order valence-corrected chi connectivity index (χ1v) is 11.3. The van der Waals surface area contributed by atoms with Crippen LogP contribution in [0.1, 0.15) is 52.7 Å². The fraction of sp³-hybridized carbons (Fsp3) is 0.391. The molecule has 1 aliphatic carbocycles. The summed E-state index contributed by atoms with van der Waals surface area (Å²) in [4.78, 5) is 12.7. The first-order valence-electron chi connectivity index (χ1n) is 10.9. The molecule has 0 bridgehead atoms. The molecule has 2 atom stereocenters. The summed E-state index contributed by atoms with van der Waals surface area (Å²) in [7, 11) is 0. The van der Waals surface area contributed by atoms with E-state index in [2.05, 4.69) is 16.0 Å². The number of halogens is 9. The van der Waals surface area contributed by atoms with Gasteiger partial charge in [0.15, 0.2) is 5.11 Å². The summed E-state index contributed by atoms with van der Waals surface area (Å²) >= 11 is 5.19. The molecule has 0 heterocycles. The summed E-state index contributed by atoms with van der Waals surface area (Å²) in [6.07, 6.45) is -12.5. The van der Waals surface area contributed by atoms with Crippen molar-refractivity contribution in [2.45, 2.75) is 56.3 Å². The number of amides is 1. The van der Waals surface area contributed by atoms with E-state index in [1.54, 1.807) is 0 Å². The van der Waals surface area contributed by atoms with Crippen molar-refractivity contribution < 1.29 is 44.3 Å². The minimum absolute atomic E-state index is 0.0179. The van der Waals surface area contributed by atoms with Crippen LogP contribution in [0.3, 0.4) is 0 Å². The molecule has 0 unspecified atom stereocenters. The predicted molar refractivity (Wildman–Crippen MR) is 121 cm³/mol. The van der Waals surface area contributed by atoms with Gasteiger partial charge in [-0.05, 0) is 67.5 Å². The molecule has 3 N–H and O–H groups in total. The van der Waals surface area contributed by atoms with Crippen molar-refractivity contribution in [2.24, 2.45) is 0 Å². The molecule has 37 heavy (non-hydrogen) atoms. The molecular formula is C23H20F9N3OS. The molecule has 1 amide bonds. The van der Waals surface area contributed by atoms with Crippen molar-refractivity contribution in [2.75, 3.05) is 5.32 Å². The second-order valence-electron chi connectivity index (χ2n) is 8.44. The molecule has 2 aromatic rings. The molecule has 3 rings (SSSR count). The Labute approximate surface area is 210 Å².